The molecule has 0 atom stereocenters. The molecule has 170 valence electrons. The van der Waals surface area contributed by atoms with Crippen LogP contribution < -0.4 is 18.9 Å². The Bertz CT molecular complexity index is 1370. The lowest BCUT2D eigenvalue weighted by Crippen LogP contribution is -2.09. The van der Waals surface area contributed by atoms with Crippen molar-refractivity contribution < 1.29 is 28.5 Å². The van der Waals surface area contributed by atoms with Crippen molar-refractivity contribution in [3.05, 3.63) is 95.2 Å². The molecule has 7 heteroatoms. The molecular weight excluding hydrogens is 434 g/mol. The van der Waals surface area contributed by atoms with Crippen molar-refractivity contribution in [2.45, 2.75) is 0 Å². The lowest BCUT2D eigenvalue weighted by Gasteiger charge is -2.22. The number of fused-ring (bicyclic) bond motifs is 1. The zero-order chi connectivity index (χ0) is 23.7. The van der Waals surface area contributed by atoms with Gasteiger partial charge in [-0.05, 0) is 54.6 Å². The Hall–Kier alpha value is -4.52. The summed E-state index contributed by atoms with van der Waals surface area (Å²) in [6.07, 6.45) is 1.77. The maximum atomic E-state index is 12.9. The molecule has 0 unspecified atom stereocenters. The molecule has 3 aromatic carbocycles. The number of ether oxygens (including phenoxy) is 5. The molecule has 3 aromatic rings. The van der Waals surface area contributed by atoms with Gasteiger partial charge < -0.3 is 23.7 Å². The highest BCUT2D eigenvalue weighted by Gasteiger charge is 2.31. The Morgan fingerprint density at radius 1 is 0.765 bits per heavy atom. The van der Waals surface area contributed by atoms with Crippen molar-refractivity contribution in [2.24, 2.45) is 4.99 Å². The van der Waals surface area contributed by atoms with E-state index in [0.29, 0.717) is 45.5 Å². The average molecular weight is 455 g/mol. The van der Waals surface area contributed by atoms with E-state index in [-0.39, 0.29) is 11.6 Å². The fourth-order valence-corrected chi connectivity index (χ4v) is 3.80. The van der Waals surface area contributed by atoms with E-state index in [4.69, 9.17) is 23.7 Å². The molecule has 0 saturated carbocycles. The zero-order valence-electron chi connectivity index (χ0n) is 18.8. The topological polar surface area (TPSA) is 75.6 Å². The smallest absolute Gasteiger partial charge is 0.364 e. The fraction of sp³-hybridized carbons (Fsp3) is 0.111. The fourth-order valence-electron chi connectivity index (χ4n) is 3.80. The molecule has 2 aliphatic heterocycles. The van der Waals surface area contributed by atoms with Gasteiger partial charge in [0.1, 0.15) is 17.3 Å². The number of carbonyl (C=O) groups excluding carboxylic acids is 1. The van der Waals surface area contributed by atoms with Crippen molar-refractivity contribution in [3.63, 3.8) is 0 Å². The monoisotopic (exact) mass is 455 g/mol. The van der Waals surface area contributed by atoms with E-state index in [1.54, 1.807) is 45.6 Å². The number of methoxy groups -OCH3 is 3. The van der Waals surface area contributed by atoms with Crippen molar-refractivity contribution in [1.82, 2.24) is 0 Å². The molecule has 34 heavy (non-hydrogen) atoms. The molecule has 2 heterocycles. The Morgan fingerprint density at radius 2 is 1.56 bits per heavy atom. The average Bonchev–Trinajstić information content (AvgIpc) is 3.29. The minimum atomic E-state index is -0.535. The summed E-state index contributed by atoms with van der Waals surface area (Å²) < 4.78 is 27.9. The molecule has 0 saturated heterocycles. The number of aliphatic imine (C=N–C) groups is 1. The van der Waals surface area contributed by atoms with Gasteiger partial charge in [-0.1, -0.05) is 18.2 Å². The molecule has 0 amide bonds. The molecule has 2 aliphatic rings. The van der Waals surface area contributed by atoms with Crippen LogP contribution in [0.2, 0.25) is 0 Å². The minimum absolute atomic E-state index is 0.189. The van der Waals surface area contributed by atoms with Crippen molar-refractivity contribution in [1.29, 1.82) is 0 Å². The van der Waals surface area contributed by atoms with Crippen LogP contribution in [0.25, 0.3) is 11.3 Å². The third kappa shape index (κ3) is 3.77. The summed E-state index contributed by atoms with van der Waals surface area (Å²) in [6.45, 7) is 0. The normalized spacial score (nSPS) is 16.6. The highest BCUT2D eigenvalue weighted by molar-refractivity contribution is 6.15. The number of allylic oxidation sites excluding steroid dienone is 2. The van der Waals surface area contributed by atoms with Gasteiger partial charge in [0.15, 0.2) is 17.2 Å². The summed E-state index contributed by atoms with van der Waals surface area (Å²) in [5.41, 5.74) is 2.90. The number of benzene rings is 3. The van der Waals surface area contributed by atoms with E-state index in [2.05, 4.69) is 4.99 Å². The maximum Gasteiger partial charge on any atom is 0.364 e. The van der Waals surface area contributed by atoms with Gasteiger partial charge in [0.2, 0.25) is 5.90 Å². The van der Waals surface area contributed by atoms with Crippen LogP contribution in [0.15, 0.2) is 83.5 Å². The van der Waals surface area contributed by atoms with Crippen LogP contribution >= 0.6 is 0 Å². The Morgan fingerprint density at radius 3 is 2.29 bits per heavy atom. The van der Waals surface area contributed by atoms with E-state index in [0.717, 1.165) is 5.56 Å². The van der Waals surface area contributed by atoms with Gasteiger partial charge in [0.05, 0.1) is 21.3 Å². The van der Waals surface area contributed by atoms with Gasteiger partial charge in [-0.15, -0.1) is 0 Å². The van der Waals surface area contributed by atoms with E-state index in [1.807, 2.05) is 48.5 Å². The van der Waals surface area contributed by atoms with Crippen LogP contribution in [0.5, 0.6) is 23.0 Å². The summed E-state index contributed by atoms with van der Waals surface area (Å²) in [5, 5.41) is 0. The molecule has 0 radical (unpaired) electrons. The molecule has 0 N–H and O–H groups in total. The minimum Gasteiger partial charge on any atom is -0.497 e. The largest absolute Gasteiger partial charge is 0.497 e. The van der Waals surface area contributed by atoms with E-state index in [9.17, 15) is 4.79 Å². The van der Waals surface area contributed by atoms with Crippen molar-refractivity contribution >= 4 is 23.2 Å². The first-order valence-electron chi connectivity index (χ1n) is 10.5. The predicted octanol–water partition coefficient (Wildman–Crippen LogP) is 4.86. The second-order valence-electron chi connectivity index (χ2n) is 7.48. The molecule has 0 bridgehead atoms. The summed E-state index contributed by atoms with van der Waals surface area (Å²) in [4.78, 5) is 17.5. The van der Waals surface area contributed by atoms with Crippen LogP contribution in [0.4, 0.5) is 0 Å². The third-order valence-corrected chi connectivity index (χ3v) is 5.51. The maximum absolute atomic E-state index is 12.9. The first-order valence-corrected chi connectivity index (χ1v) is 10.5. The van der Waals surface area contributed by atoms with Gasteiger partial charge >= 0.3 is 5.97 Å². The summed E-state index contributed by atoms with van der Waals surface area (Å²) in [7, 11) is 4.73. The van der Waals surface area contributed by atoms with Crippen LogP contribution in [0.1, 0.15) is 16.7 Å². The molecular formula is C27H21NO6. The van der Waals surface area contributed by atoms with Crippen LogP contribution in [0, 0.1) is 0 Å². The van der Waals surface area contributed by atoms with Gasteiger partial charge in [-0.2, -0.15) is 0 Å². The van der Waals surface area contributed by atoms with E-state index >= 15 is 0 Å². The third-order valence-electron chi connectivity index (χ3n) is 5.51. The number of hydrogen-bond donors (Lipinski definition) is 0. The molecule has 0 aromatic heterocycles. The number of carbonyl (C=O) groups is 1. The first-order chi connectivity index (χ1) is 16.6. The van der Waals surface area contributed by atoms with Crippen LogP contribution in [0.3, 0.4) is 0 Å². The lowest BCUT2D eigenvalue weighted by molar-refractivity contribution is -0.129. The zero-order valence-corrected chi connectivity index (χ0v) is 18.8. The van der Waals surface area contributed by atoms with Crippen molar-refractivity contribution in [3.8, 4) is 23.0 Å². The summed E-state index contributed by atoms with van der Waals surface area (Å²) >= 11 is 0. The molecule has 0 fully saturated rings. The number of rotatable bonds is 5. The van der Waals surface area contributed by atoms with E-state index in [1.165, 1.54) is 0 Å². The van der Waals surface area contributed by atoms with Gasteiger partial charge in [0, 0.05) is 22.3 Å². The number of cyclic esters (lactones) is 1. The second-order valence-corrected chi connectivity index (χ2v) is 7.48. The lowest BCUT2D eigenvalue weighted by atomic mass is 9.97. The molecule has 5 rings (SSSR count). The van der Waals surface area contributed by atoms with Gasteiger partial charge in [-0.3, -0.25) is 0 Å². The molecule has 7 nitrogen and oxygen atoms in total. The Labute approximate surface area is 196 Å². The first kappa shape index (κ1) is 21.3. The Kier molecular flexibility index (Phi) is 5.51. The summed E-state index contributed by atoms with van der Waals surface area (Å²) in [5.74, 6) is 2.59. The second kappa shape index (κ2) is 8.78. The number of hydrogen-bond acceptors (Lipinski definition) is 7. The predicted molar refractivity (Wildman–Crippen MR) is 127 cm³/mol. The summed E-state index contributed by atoms with van der Waals surface area (Å²) in [6, 6.07) is 20.2. The number of esters is 1. The van der Waals surface area contributed by atoms with Crippen LogP contribution in [-0.2, 0) is 9.53 Å². The van der Waals surface area contributed by atoms with Gasteiger partial charge in [0.25, 0.3) is 0 Å². The molecule has 0 aliphatic carbocycles. The molecule has 0 spiro atoms. The quantitative estimate of drug-likeness (QED) is 0.404. The SMILES string of the molecule is COc1ccc2c(c1)C(=C1N=C(c3ccccc3)OC1=O)C=C(c1ccc(OC)c(OC)c1)O2. The highest BCUT2D eigenvalue weighted by atomic mass is 16.6. The standard InChI is InChI=1S/C27H21NO6/c1-30-18-10-12-21-19(14-18)20(25-27(29)34-26(28-25)16-7-5-4-6-8-16)15-23(33-21)17-9-11-22(31-2)24(13-17)32-3/h4-15H,1-3H3. The van der Waals surface area contributed by atoms with Crippen molar-refractivity contribution in [2.75, 3.05) is 21.3 Å². The number of nitrogens with zero attached hydrogens (tertiary/aromatic N) is 1. The van der Waals surface area contributed by atoms with Crippen LogP contribution in [-0.4, -0.2) is 33.2 Å². The Balaban J connectivity index is 1.69. The highest BCUT2D eigenvalue weighted by Crippen LogP contribution is 2.42. The van der Waals surface area contributed by atoms with Gasteiger partial charge in [-0.25, -0.2) is 9.79 Å². The van der Waals surface area contributed by atoms with E-state index < -0.39 is 5.97 Å².